The molecule has 0 radical (unpaired) electrons. The predicted molar refractivity (Wildman–Crippen MR) is 86.4 cm³/mol. The van der Waals surface area contributed by atoms with Crippen molar-refractivity contribution in [3.63, 3.8) is 0 Å². The third-order valence-electron chi connectivity index (χ3n) is 4.05. The van der Waals surface area contributed by atoms with Crippen LogP contribution in [0.3, 0.4) is 0 Å². The second-order valence-electron chi connectivity index (χ2n) is 5.85. The minimum Gasteiger partial charge on any atom is -0.382 e. The molecule has 0 saturated heterocycles. The van der Waals surface area contributed by atoms with E-state index in [2.05, 4.69) is 40.9 Å². The fourth-order valence-electron chi connectivity index (χ4n) is 2.22. The molecule has 6 heteroatoms. The summed E-state index contributed by atoms with van der Waals surface area (Å²) < 4.78 is 0. The summed E-state index contributed by atoms with van der Waals surface area (Å²) in [5, 5.41) is 8.37. The predicted octanol–water partition coefficient (Wildman–Crippen LogP) is 3.88. The molecule has 1 aromatic carbocycles. The molecule has 0 saturated carbocycles. The zero-order valence-corrected chi connectivity index (χ0v) is 13.0. The Labute approximate surface area is 127 Å². The van der Waals surface area contributed by atoms with Gasteiger partial charge in [0.2, 0.25) is 0 Å². The second-order valence-corrected chi connectivity index (χ2v) is 6.23. The van der Waals surface area contributed by atoms with Gasteiger partial charge in [0.15, 0.2) is 5.82 Å². The fourth-order valence-corrected chi connectivity index (χ4v) is 2.46. The zero-order chi connectivity index (χ0) is 15.2. The highest BCUT2D eigenvalue weighted by atomic mass is 35.5. The Morgan fingerprint density at radius 2 is 2.10 bits per heavy atom. The molecule has 0 bridgehead atoms. The van der Waals surface area contributed by atoms with Gasteiger partial charge in [0, 0.05) is 16.4 Å². The number of hydrogen-bond donors (Lipinski definition) is 3. The lowest BCUT2D eigenvalue weighted by Gasteiger charge is -2.19. The molecule has 2 heterocycles. The number of H-pyrrole nitrogens is 2. The third kappa shape index (κ3) is 2.27. The van der Waals surface area contributed by atoms with E-state index in [1.165, 1.54) is 0 Å². The van der Waals surface area contributed by atoms with Gasteiger partial charge in [-0.1, -0.05) is 38.4 Å². The average Bonchev–Trinajstić information content (AvgIpc) is 3.03. The molecule has 4 N–H and O–H groups in total. The molecular formula is C15H18ClN5. The lowest BCUT2D eigenvalue weighted by molar-refractivity contribution is 0.478. The van der Waals surface area contributed by atoms with Crippen LogP contribution in [-0.4, -0.2) is 20.2 Å². The minimum absolute atomic E-state index is 0.0373. The minimum atomic E-state index is -0.0373. The van der Waals surface area contributed by atoms with E-state index < -0.39 is 0 Å². The van der Waals surface area contributed by atoms with Gasteiger partial charge >= 0.3 is 0 Å². The molecule has 3 rings (SSSR count). The van der Waals surface area contributed by atoms with Crippen LogP contribution in [0, 0.1) is 0 Å². The number of nitrogens with two attached hydrogens (primary N) is 1. The van der Waals surface area contributed by atoms with Crippen molar-refractivity contribution in [1.29, 1.82) is 0 Å². The van der Waals surface area contributed by atoms with Crippen LogP contribution in [0.15, 0.2) is 18.2 Å². The van der Waals surface area contributed by atoms with Crippen molar-refractivity contribution < 1.29 is 0 Å². The Bertz CT molecular complexity index is 800. The van der Waals surface area contributed by atoms with E-state index in [0.717, 1.165) is 34.4 Å². The summed E-state index contributed by atoms with van der Waals surface area (Å²) in [5.74, 6) is 1.40. The van der Waals surface area contributed by atoms with Crippen LogP contribution in [0.25, 0.3) is 22.2 Å². The van der Waals surface area contributed by atoms with Gasteiger partial charge in [-0.3, -0.25) is 5.10 Å². The molecule has 0 fully saturated rings. The summed E-state index contributed by atoms with van der Waals surface area (Å²) >= 11 is 6.33. The zero-order valence-electron chi connectivity index (χ0n) is 12.3. The number of anilines is 1. The maximum atomic E-state index is 6.33. The van der Waals surface area contributed by atoms with Crippen molar-refractivity contribution in [1.82, 2.24) is 20.2 Å². The number of aromatic nitrogens is 4. The fraction of sp³-hybridized carbons (Fsp3) is 0.333. The van der Waals surface area contributed by atoms with Crippen LogP contribution < -0.4 is 5.73 Å². The summed E-state index contributed by atoms with van der Waals surface area (Å²) in [6, 6.07) is 5.85. The van der Waals surface area contributed by atoms with Crippen molar-refractivity contribution >= 4 is 28.3 Å². The van der Waals surface area contributed by atoms with Gasteiger partial charge in [-0.15, -0.1) is 0 Å². The lowest BCUT2D eigenvalue weighted by atomic mass is 9.89. The summed E-state index contributed by atoms with van der Waals surface area (Å²) in [4.78, 5) is 7.87. The molecule has 0 amide bonds. The molecule has 0 atom stereocenters. The molecule has 0 spiro atoms. The third-order valence-corrected chi connectivity index (χ3v) is 4.32. The Balaban J connectivity index is 2.10. The maximum absolute atomic E-state index is 6.33. The maximum Gasteiger partial charge on any atom is 0.153 e. The molecule has 2 aromatic heterocycles. The van der Waals surface area contributed by atoms with Crippen molar-refractivity contribution in [2.45, 2.75) is 32.6 Å². The Kier molecular flexibility index (Phi) is 3.17. The number of imidazole rings is 1. The highest BCUT2D eigenvalue weighted by Gasteiger charge is 2.24. The number of hydrogen-bond acceptors (Lipinski definition) is 3. The van der Waals surface area contributed by atoms with Gasteiger partial charge in [0.25, 0.3) is 0 Å². The molecule has 3 aromatic rings. The first-order valence-corrected chi connectivity index (χ1v) is 7.30. The summed E-state index contributed by atoms with van der Waals surface area (Å²) in [5.41, 5.74) is 8.31. The van der Waals surface area contributed by atoms with E-state index in [1.54, 1.807) is 0 Å². The van der Waals surface area contributed by atoms with E-state index in [1.807, 2.05) is 18.2 Å². The second kappa shape index (κ2) is 4.77. The molecule has 21 heavy (non-hydrogen) atoms. The average molecular weight is 304 g/mol. The smallest absolute Gasteiger partial charge is 0.153 e. The highest BCUT2D eigenvalue weighted by Crippen LogP contribution is 2.33. The largest absolute Gasteiger partial charge is 0.382 e. The van der Waals surface area contributed by atoms with E-state index in [0.29, 0.717) is 11.0 Å². The SMILES string of the molecule is CCC(C)(C)c1nc(-c2ccc3c(N)n[nH]c3c2)c(Cl)[nH]1. The summed E-state index contributed by atoms with van der Waals surface area (Å²) in [6.45, 7) is 6.42. The van der Waals surface area contributed by atoms with E-state index >= 15 is 0 Å². The standard InChI is InChI=1S/C15H18ClN5/c1-4-15(2,3)14-18-11(12(16)19-14)8-5-6-9-10(7-8)20-21-13(9)17/h5-7H,4H2,1-3H3,(H,18,19)(H3,17,20,21). The van der Waals surface area contributed by atoms with Crippen molar-refractivity contribution in [3.8, 4) is 11.3 Å². The van der Waals surface area contributed by atoms with Gasteiger partial charge in [0.05, 0.1) is 5.52 Å². The molecular weight excluding hydrogens is 286 g/mol. The Morgan fingerprint density at radius 3 is 2.81 bits per heavy atom. The van der Waals surface area contributed by atoms with Crippen molar-refractivity contribution in [2.75, 3.05) is 5.73 Å². The first kappa shape index (κ1) is 13.9. The van der Waals surface area contributed by atoms with Gasteiger partial charge in [-0.25, -0.2) is 4.98 Å². The molecule has 110 valence electrons. The van der Waals surface area contributed by atoms with E-state index in [9.17, 15) is 0 Å². The topological polar surface area (TPSA) is 83.4 Å². The van der Waals surface area contributed by atoms with Gasteiger partial charge in [-0.05, 0) is 18.6 Å². The monoisotopic (exact) mass is 303 g/mol. The number of benzene rings is 1. The van der Waals surface area contributed by atoms with Crippen LogP contribution in [0.5, 0.6) is 0 Å². The number of fused-ring (bicyclic) bond motifs is 1. The number of rotatable bonds is 3. The normalized spacial score (nSPS) is 12.2. The summed E-state index contributed by atoms with van der Waals surface area (Å²) in [7, 11) is 0. The molecule has 0 aliphatic heterocycles. The van der Waals surface area contributed by atoms with Crippen LogP contribution in [0.4, 0.5) is 5.82 Å². The first-order valence-electron chi connectivity index (χ1n) is 6.92. The van der Waals surface area contributed by atoms with Gasteiger partial charge in [-0.2, -0.15) is 5.10 Å². The van der Waals surface area contributed by atoms with Crippen LogP contribution in [0.1, 0.15) is 33.0 Å². The quantitative estimate of drug-likeness (QED) is 0.686. The molecule has 5 nitrogen and oxygen atoms in total. The van der Waals surface area contributed by atoms with Crippen LogP contribution in [0.2, 0.25) is 5.15 Å². The number of aromatic amines is 2. The first-order chi connectivity index (χ1) is 9.92. The van der Waals surface area contributed by atoms with E-state index in [-0.39, 0.29) is 5.41 Å². The Morgan fingerprint density at radius 1 is 1.33 bits per heavy atom. The number of nitrogens with zero attached hydrogens (tertiary/aromatic N) is 2. The van der Waals surface area contributed by atoms with Crippen LogP contribution in [-0.2, 0) is 5.41 Å². The van der Waals surface area contributed by atoms with Crippen molar-refractivity contribution in [2.24, 2.45) is 0 Å². The lowest BCUT2D eigenvalue weighted by Crippen LogP contribution is -2.17. The van der Waals surface area contributed by atoms with Crippen LogP contribution >= 0.6 is 11.6 Å². The number of nitrogens with one attached hydrogen (secondary N) is 2. The number of halogens is 1. The molecule has 0 aliphatic carbocycles. The summed E-state index contributed by atoms with van der Waals surface area (Å²) in [6.07, 6.45) is 0.979. The Hall–Kier alpha value is -2.01. The number of nitrogen functional groups attached to an aromatic ring is 1. The van der Waals surface area contributed by atoms with Gasteiger partial charge in [0.1, 0.15) is 16.7 Å². The van der Waals surface area contributed by atoms with Gasteiger partial charge < -0.3 is 10.7 Å². The molecule has 0 unspecified atom stereocenters. The van der Waals surface area contributed by atoms with E-state index in [4.69, 9.17) is 17.3 Å². The molecule has 0 aliphatic rings. The van der Waals surface area contributed by atoms with Crippen molar-refractivity contribution in [3.05, 3.63) is 29.2 Å². The highest BCUT2D eigenvalue weighted by molar-refractivity contribution is 6.32.